The van der Waals surface area contributed by atoms with E-state index in [1.54, 1.807) is 18.2 Å². The predicted molar refractivity (Wildman–Crippen MR) is 85.4 cm³/mol. The normalized spacial score (nSPS) is 10.0. The monoisotopic (exact) mass is 303 g/mol. The van der Waals surface area contributed by atoms with Crippen molar-refractivity contribution in [3.8, 4) is 11.5 Å². The van der Waals surface area contributed by atoms with Crippen molar-refractivity contribution in [1.82, 2.24) is 0 Å². The second kappa shape index (κ2) is 7.59. The van der Waals surface area contributed by atoms with E-state index in [0.717, 1.165) is 0 Å². The van der Waals surface area contributed by atoms with E-state index < -0.39 is 0 Å². The van der Waals surface area contributed by atoms with Crippen LogP contribution in [-0.2, 0) is 4.79 Å². The fourth-order valence-electron chi connectivity index (χ4n) is 1.75. The number of anilines is 1. The van der Waals surface area contributed by atoms with Crippen LogP contribution < -0.4 is 14.8 Å². The molecule has 0 heterocycles. The SMILES string of the molecule is CCOc1ccccc1OCC(=O)Nc1ccccc1S. The maximum absolute atomic E-state index is 11.9. The van der Waals surface area contributed by atoms with Crippen LogP contribution in [0.2, 0.25) is 0 Å². The molecule has 110 valence electrons. The smallest absolute Gasteiger partial charge is 0.262 e. The zero-order valence-corrected chi connectivity index (χ0v) is 12.6. The van der Waals surface area contributed by atoms with Gasteiger partial charge in [0, 0.05) is 4.90 Å². The molecule has 0 fully saturated rings. The minimum absolute atomic E-state index is 0.0911. The van der Waals surface area contributed by atoms with Crippen LogP contribution in [0.1, 0.15) is 6.92 Å². The van der Waals surface area contributed by atoms with Crippen molar-refractivity contribution < 1.29 is 14.3 Å². The molecule has 21 heavy (non-hydrogen) atoms. The van der Waals surface area contributed by atoms with Gasteiger partial charge in [-0.3, -0.25) is 4.79 Å². The van der Waals surface area contributed by atoms with Crippen molar-refractivity contribution >= 4 is 24.2 Å². The topological polar surface area (TPSA) is 47.6 Å². The Morgan fingerprint density at radius 1 is 1.05 bits per heavy atom. The van der Waals surface area contributed by atoms with Crippen molar-refractivity contribution in [2.75, 3.05) is 18.5 Å². The van der Waals surface area contributed by atoms with Gasteiger partial charge in [0.05, 0.1) is 12.3 Å². The molecule has 4 nitrogen and oxygen atoms in total. The number of ether oxygens (including phenoxy) is 2. The van der Waals surface area contributed by atoms with Gasteiger partial charge in [-0.1, -0.05) is 24.3 Å². The number of hydrogen-bond donors (Lipinski definition) is 2. The Bertz CT molecular complexity index is 616. The van der Waals surface area contributed by atoms with Crippen LogP contribution in [0, 0.1) is 0 Å². The summed E-state index contributed by atoms with van der Waals surface area (Å²) in [5.41, 5.74) is 0.660. The molecule has 1 amide bonds. The Kier molecular flexibility index (Phi) is 5.51. The summed E-state index contributed by atoms with van der Waals surface area (Å²) >= 11 is 4.28. The maximum atomic E-state index is 11.9. The minimum Gasteiger partial charge on any atom is -0.490 e. The molecule has 0 bridgehead atoms. The number of amides is 1. The highest BCUT2D eigenvalue weighted by Gasteiger charge is 2.08. The Morgan fingerprint density at radius 3 is 2.33 bits per heavy atom. The van der Waals surface area contributed by atoms with Gasteiger partial charge in [-0.05, 0) is 31.2 Å². The third-order valence-electron chi connectivity index (χ3n) is 2.69. The highest BCUT2D eigenvalue weighted by Crippen LogP contribution is 2.26. The molecule has 2 aromatic rings. The highest BCUT2D eigenvalue weighted by atomic mass is 32.1. The largest absolute Gasteiger partial charge is 0.490 e. The van der Waals surface area contributed by atoms with E-state index in [0.29, 0.717) is 28.7 Å². The lowest BCUT2D eigenvalue weighted by molar-refractivity contribution is -0.118. The van der Waals surface area contributed by atoms with E-state index in [4.69, 9.17) is 9.47 Å². The quantitative estimate of drug-likeness (QED) is 0.804. The molecule has 0 unspecified atom stereocenters. The summed E-state index contributed by atoms with van der Waals surface area (Å²) in [5.74, 6) is 0.929. The van der Waals surface area contributed by atoms with Gasteiger partial charge in [0.25, 0.3) is 5.91 Å². The molecular weight excluding hydrogens is 286 g/mol. The van der Waals surface area contributed by atoms with Gasteiger partial charge in [0.2, 0.25) is 0 Å². The molecule has 0 saturated carbocycles. The first-order valence-electron chi connectivity index (χ1n) is 6.63. The summed E-state index contributed by atoms with van der Waals surface area (Å²) in [5, 5.41) is 2.75. The number of carbonyl (C=O) groups excluding carboxylic acids is 1. The molecular formula is C16H17NO3S. The lowest BCUT2D eigenvalue weighted by atomic mass is 10.3. The van der Waals surface area contributed by atoms with Crippen molar-refractivity contribution in [2.45, 2.75) is 11.8 Å². The number of carbonyl (C=O) groups is 1. The van der Waals surface area contributed by atoms with Gasteiger partial charge in [0.15, 0.2) is 18.1 Å². The molecule has 0 aliphatic heterocycles. The van der Waals surface area contributed by atoms with Gasteiger partial charge in [-0.15, -0.1) is 12.6 Å². The molecule has 2 rings (SSSR count). The molecule has 5 heteroatoms. The first kappa shape index (κ1) is 15.3. The number of para-hydroxylation sites is 3. The third-order valence-corrected chi connectivity index (χ3v) is 3.08. The minimum atomic E-state index is -0.247. The Morgan fingerprint density at radius 2 is 1.67 bits per heavy atom. The van der Waals surface area contributed by atoms with Crippen LogP contribution in [0.4, 0.5) is 5.69 Å². The second-order valence-corrected chi connectivity index (χ2v) is 4.72. The van der Waals surface area contributed by atoms with E-state index in [2.05, 4.69) is 17.9 Å². The summed E-state index contributed by atoms with van der Waals surface area (Å²) in [4.78, 5) is 12.6. The second-order valence-electron chi connectivity index (χ2n) is 4.23. The summed E-state index contributed by atoms with van der Waals surface area (Å²) in [6.45, 7) is 2.35. The molecule has 0 aromatic heterocycles. The van der Waals surface area contributed by atoms with Crippen LogP contribution in [-0.4, -0.2) is 19.1 Å². The number of benzene rings is 2. The Labute approximate surface area is 129 Å². The third kappa shape index (κ3) is 4.43. The molecule has 0 spiro atoms. The summed E-state index contributed by atoms with van der Waals surface area (Å²) in [6.07, 6.45) is 0. The standard InChI is InChI=1S/C16H17NO3S/c1-2-19-13-8-4-5-9-14(13)20-11-16(18)17-12-7-3-6-10-15(12)21/h3-10,21H,2,11H2,1H3,(H,17,18). The molecule has 0 aliphatic rings. The Balaban J connectivity index is 1.94. The van der Waals surface area contributed by atoms with Crippen LogP contribution in [0.5, 0.6) is 11.5 Å². The average molecular weight is 303 g/mol. The number of hydrogen-bond acceptors (Lipinski definition) is 4. The molecule has 0 atom stereocenters. The fraction of sp³-hybridized carbons (Fsp3) is 0.188. The number of thiol groups is 1. The molecule has 0 saturated heterocycles. The van der Waals surface area contributed by atoms with E-state index in [1.165, 1.54) is 0 Å². The predicted octanol–water partition coefficient (Wildman–Crippen LogP) is 3.39. The fourth-order valence-corrected chi connectivity index (χ4v) is 1.97. The summed E-state index contributed by atoms with van der Waals surface area (Å²) in [6, 6.07) is 14.5. The molecule has 1 N–H and O–H groups in total. The first-order valence-corrected chi connectivity index (χ1v) is 7.08. The molecule has 0 radical (unpaired) electrons. The van der Waals surface area contributed by atoms with E-state index >= 15 is 0 Å². The average Bonchev–Trinajstić information content (AvgIpc) is 2.49. The van der Waals surface area contributed by atoms with E-state index in [1.807, 2.05) is 37.3 Å². The van der Waals surface area contributed by atoms with Gasteiger partial charge >= 0.3 is 0 Å². The van der Waals surface area contributed by atoms with Gasteiger partial charge in [-0.2, -0.15) is 0 Å². The van der Waals surface area contributed by atoms with E-state index in [-0.39, 0.29) is 12.5 Å². The maximum Gasteiger partial charge on any atom is 0.262 e. The van der Waals surface area contributed by atoms with E-state index in [9.17, 15) is 4.79 Å². The first-order chi connectivity index (χ1) is 10.2. The summed E-state index contributed by atoms with van der Waals surface area (Å²) in [7, 11) is 0. The number of nitrogens with one attached hydrogen (secondary N) is 1. The van der Waals surface area contributed by atoms with Gasteiger partial charge in [0.1, 0.15) is 0 Å². The lowest BCUT2D eigenvalue weighted by Gasteiger charge is -2.12. The van der Waals surface area contributed by atoms with Gasteiger partial charge in [-0.25, -0.2) is 0 Å². The summed E-state index contributed by atoms with van der Waals surface area (Å²) < 4.78 is 10.9. The lowest BCUT2D eigenvalue weighted by Crippen LogP contribution is -2.20. The highest BCUT2D eigenvalue weighted by molar-refractivity contribution is 7.80. The van der Waals surface area contributed by atoms with Crippen molar-refractivity contribution in [3.05, 3.63) is 48.5 Å². The zero-order chi connectivity index (χ0) is 15.1. The van der Waals surface area contributed by atoms with Gasteiger partial charge < -0.3 is 14.8 Å². The van der Waals surface area contributed by atoms with Crippen molar-refractivity contribution in [3.63, 3.8) is 0 Å². The van der Waals surface area contributed by atoms with Crippen molar-refractivity contribution in [2.24, 2.45) is 0 Å². The molecule has 0 aliphatic carbocycles. The van der Waals surface area contributed by atoms with Crippen LogP contribution in [0.3, 0.4) is 0 Å². The van der Waals surface area contributed by atoms with Crippen molar-refractivity contribution in [1.29, 1.82) is 0 Å². The Hall–Kier alpha value is -2.14. The van der Waals surface area contributed by atoms with Crippen LogP contribution >= 0.6 is 12.6 Å². The van der Waals surface area contributed by atoms with Crippen LogP contribution in [0.15, 0.2) is 53.4 Å². The molecule has 2 aromatic carbocycles. The van der Waals surface area contributed by atoms with Crippen LogP contribution in [0.25, 0.3) is 0 Å². The zero-order valence-electron chi connectivity index (χ0n) is 11.7. The number of rotatable bonds is 6.